The number of halogens is 1. The van der Waals surface area contributed by atoms with Crippen molar-refractivity contribution in [3.8, 4) is 0 Å². The minimum Gasteiger partial charge on any atom is -0.303 e. The van der Waals surface area contributed by atoms with E-state index in [1.54, 1.807) is 0 Å². The molecule has 1 aromatic rings. The lowest BCUT2D eigenvalue weighted by molar-refractivity contribution is 0.343. The van der Waals surface area contributed by atoms with Crippen molar-refractivity contribution in [3.63, 3.8) is 0 Å². The van der Waals surface area contributed by atoms with Gasteiger partial charge in [0.1, 0.15) is 0 Å². The fourth-order valence-corrected chi connectivity index (χ4v) is 3.85. The Kier molecular flexibility index (Phi) is 4.79. The van der Waals surface area contributed by atoms with E-state index in [1.807, 2.05) is 11.3 Å². The van der Waals surface area contributed by atoms with E-state index in [1.165, 1.54) is 48.1 Å². The first-order valence-corrected chi connectivity index (χ1v) is 8.03. The quantitative estimate of drug-likeness (QED) is 0.776. The largest absolute Gasteiger partial charge is 0.303 e. The lowest BCUT2D eigenvalue weighted by atomic mass is 10.3. The van der Waals surface area contributed by atoms with E-state index in [9.17, 15) is 0 Å². The molecule has 1 saturated heterocycles. The van der Waals surface area contributed by atoms with Crippen molar-refractivity contribution in [3.05, 3.63) is 15.6 Å². The number of rotatable bonds is 5. The second-order valence-corrected chi connectivity index (χ2v) is 5.99. The smallest absolute Gasteiger partial charge is 0.0944 e. The van der Waals surface area contributed by atoms with Crippen molar-refractivity contribution in [2.45, 2.75) is 37.9 Å². The lowest BCUT2D eigenvalue weighted by Crippen LogP contribution is -2.21. The molecule has 2 nitrogen and oxygen atoms in total. The maximum atomic E-state index is 4.72. The molecule has 0 aliphatic carbocycles. The molecule has 1 aromatic heterocycles. The van der Waals surface area contributed by atoms with E-state index in [2.05, 4.69) is 27.8 Å². The van der Waals surface area contributed by atoms with Crippen LogP contribution in [0.25, 0.3) is 0 Å². The highest BCUT2D eigenvalue weighted by Crippen LogP contribution is 2.22. The zero-order valence-corrected chi connectivity index (χ0v) is 12.2. The predicted molar refractivity (Wildman–Crippen MR) is 73.5 cm³/mol. The number of nitrogens with zero attached hydrogens (tertiary/aromatic N) is 2. The number of hydrogen-bond donors (Lipinski definition) is 0. The Morgan fingerprint density at radius 2 is 2.12 bits per heavy atom. The van der Waals surface area contributed by atoms with Gasteiger partial charge in [0.05, 0.1) is 10.7 Å². The second kappa shape index (κ2) is 6.12. The molecule has 90 valence electrons. The number of thiazole rings is 1. The van der Waals surface area contributed by atoms with Crippen LogP contribution >= 0.6 is 27.3 Å². The van der Waals surface area contributed by atoms with Crippen molar-refractivity contribution in [1.29, 1.82) is 0 Å². The molecule has 4 heteroatoms. The maximum absolute atomic E-state index is 4.72. The summed E-state index contributed by atoms with van der Waals surface area (Å²) in [4.78, 5) is 8.69. The van der Waals surface area contributed by atoms with Gasteiger partial charge in [0.25, 0.3) is 0 Å². The Morgan fingerprint density at radius 1 is 1.38 bits per heavy atom. The molecule has 2 rings (SSSR count). The third-order valence-corrected chi connectivity index (χ3v) is 5.21. The van der Waals surface area contributed by atoms with Gasteiger partial charge in [0.15, 0.2) is 0 Å². The molecule has 0 radical (unpaired) electrons. The van der Waals surface area contributed by atoms with Gasteiger partial charge in [-0.2, -0.15) is 0 Å². The molecule has 0 saturated carbocycles. The average molecular weight is 303 g/mol. The van der Waals surface area contributed by atoms with Gasteiger partial charge >= 0.3 is 0 Å². The number of aromatic nitrogens is 1. The number of aryl methyl sites for hydroxylation is 1. The van der Waals surface area contributed by atoms with Gasteiger partial charge in [0, 0.05) is 23.2 Å². The molecule has 16 heavy (non-hydrogen) atoms. The highest BCUT2D eigenvalue weighted by Gasteiger charge is 2.13. The number of alkyl halides is 1. The molecule has 0 atom stereocenters. The molecule has 2 heterocycles. The first-order chi connectivity index (χ1) is 7.83. The van der Waals surface area contributed by atoms with Crippen LogP contribution in [0.1, 0.15) is 35.3 Å². The SMILES string of the molecule is CCc1nc(CCN2CCCC2)sc1CBr. The first-order valence-electron chi connectivity index (χ1n) is 6.09. The van der Waals surface area contributed by atoms with Crippen LogP contribution in [-0.2, 0) is 18.2 Å². The van der Waals surface area contributed by atoms with Gasteiger partial charge < -0.3 is 4.90 Å². The van der Waals surface area contributed by atoms with Crippen LogP contribution in [0, 0.1) is 0 Å². The van der Waals surface area contributed by atoms with Gasteiger partial charge in [-0.15, -0.1) is 11.3 Å². The van der Waals surface area contributed by atoms with Crippen LogP contribution in [-0.4, -0.2) is 29.5 Å². The van der Waals surface area contributed by atoms with Crippen LogP contribution in [0.15, 0.2) is 0 Å². The Bertz CT molecular complexity index is 310. The molecular formula is C12H19BrN2S. The van der Waals surface area contributed by atoms with Crippen molar-refractivity contribution in [1.82, 2.24) is 9.88 Å². The maximum Gasteiger partial charge on any atom is 0.0944 e. The summed E-state index contributed by atoms with van der Waals surface area (Å²) in [6.45, 7) is 5.96. The minimum absolute atomic E-state index is 0.956. The van der Waals surface area contributed by atoms with E-state index in [0.29, 0.717) is 0 Å². The standard InChI is InChI=1S/C12H19BrN2S/c1-2-10-11(9-13)16-12(14-10)5-8-15-6-3-4-7-15/h2-9H2,1H3. The third-order valence-electron chi connectivity index (χ3n) is 3.12. The van der Waals surface area contributed by atoms with Gasteiger partial charge in [-0.25, -0.2) is 4.98 Å². The molecule has 0 N–H and O–H groups in total. The summed E-state index contributed by atoms with van der Waals surface area (Å²) in [5, 5.41) is 2.27. The van der Waals surface area contributed by atoms with Crippen molar-refractivity contribution < 1.29 is 0 Å². The minimum atomic E-state index is 0.956. The fourth-order valence-electron chi connectivity index (χ4n) is 2.18. The van der Waals surface area contributed by atoms with Gasteiger partial charge in [-0.05, 0) is 32.4 Å². The highest BCUT2D eigenvalue weighted by molar-refractivity contribution is 9.08. The number of hydrogen-bond acceptors (Lipinski definition) is 3. The van der Waals surface area contributed by atoms with E-state index in [4.69, 9.17) is 4.98 Å². The van der Waals surface area contributed by atoms with E-state index >= 15 is 0 Å². The van der Waals surface area contributed by atoms with E-state index in [-0.39, 0.29) is 0 Å². The van der Waals surface area contributed by atoms with Crippen LogP contribution in [0.2, 0.25) is 0 Å². The average Bonchev–Trinajstić information content (AvgIpc) is 2.95. The molecule has 0 spiro atoms. The van der Waals surface area contributed by atoms with Gasteiger partial charge in [0.2, 0.25) is 0 Å². The Balaban J connectivity index is 1.90. The fraction of sp³-hybridized carbons (Fsp3) is 0.750. The molecule has 1 fully saturated rings. The molecule has 0 amide bonds. The summed E-state index contributed by atoms with van der Waals surface area (Å²) in [5.74, 6) is 0. The van der Waals surface area contributed by atoms with Crippen LogP contribution < -0.4 is 0 Å². The summed E-state index contributed by atoms with van der Waals surface area (Å²) in [6, 6.07) is 0. The van der Waals surface area contributed by atoms with E-state index in [0.717, 1.165) is 18.2 Å². The molecule has 0 bridgehead atoms. The Hall–Kier alpha value is 0.0700. The third kappa shape index (κ3) is 3.05. The Morgan fingerprint density at radius 3 is 2.69 bits per heavy atom. The molecule has 0 unspecified atom stereocenters. The van der Waals surface area contributed by atoms with Crippen LogP contribution in [0.3, 0.4) is 0 Å². The zero-order chi connectivity index (χ0) is 11.4. The monoisotopic (exact) mass is 302 g/mol. The Labute approximate surface area is 110 Å². The predicted octanol–water partition coefficient (Wildman–Crippen LogP) is 3.24. The summed E-state index contributed by atoms with van der Waals surface area (Å²) < 4.78 is 0. The lowest BCUT2D eigenvalue weighted by Gasteiger charge is -2.12. The number of likely N-dealkylation sites (tertiary alicyclic amines) is 1. The van der Waals surface area contributed by atoms with Crippen molar-refractivity contribution in [2.75, 3.05) is 19.6 Å². The van der Waals surface area contributed by atoms with Crippen molar-refractivity contribution >= 4 is 27.3 Å². The molecule has 1 aliphatic heterocycles. The molecular weight excluding hydrogens is 284 g/mol. The summed E-state index contributed by atoms with van der Waals surface area (Å²) in [7, 11) is 0. The van der Waals surface area contributed by atoms with Gasteiger partial charge in [-0.3, -0.25) is 0 Å². The van der Waals surface area contributed by atoms with Crippen molar-refractivity contribution in [2.24, 2.45) is 0 Å². The summed E-state index contributed by atoms with van der Waals surface area (Å²) in [5.41, 5.74) is 1.29. The topological polar surface area (TPSA) is 16.1 Å². The first kappa shape index (κ1) is 12.5. The molecule has 1 aliphatic rings. The molecule has 0 aromatic carbocycles. The van der Waals surface area contributed by atoms with Crippen LogP contribution in [0.4, 0.5) is 0 Å². The second-order valence-electron chi connectivity index (χ2n) is 4.26. The van der Waals surface area contributed by atoms with E-state index < -0.39 is 0 Å². The van der Waals surface area contributed by atoms with Crippen LogP contribution in [0.5, 0.6) is 0 Å². The highest BCUT2D eigenvalue weighted by atomic mass is 79.9. The zero-order valence-electron chi connectivity index (χ0n) is 9.84. The summed E-state index contributed by atoms with van der Waals surface area (Å²) in [6.07, 6.45) is 4.95. The van der Waals surface area contributed by atoms with Gasteiger partial charge in [-0.1, -0.05) is 22.9 Å². The summed E-state index contributed by atoms with van der Waals surface area (Å²) >= 11 is 5.42. The normalized spacial score (nSPS) is 17.1.